The molecule has 0 aromatic heterocycles. The first kappa shape index (κ1) is 11.9. The summed E-state index contributed by atoms with van der Waals surface area (Å²) in [5.41, 5.74) is 0. The number of nitriles is 1. The largest absolute Gasteiger partial charge is 0.415 e. The lowest BCUT2D eigenvalue weighted by atomic mass is 10.1. The van der Waals surface area contributed by atoms with Crippen molar-refractivity contribution in [2.45, 2.75) is 0 Å². The topological polar surface area (TPSA) is 53.3 Å². The second-order valence-electron chi connectivity index (χ2n) is 3.89. The minimum absolute atomic E-state index is 0.00636. The molecule has 0 saturated carbocycles. The molecule has 0 N–H and O–H groups in total. The van der Waals surface area contributed by atoms with Gasteiger partial charge in [0.05, 0.1) is 6.07 Å². The lowest BCUT2D eigenvalue weighted by Crippen LogP contribution is -2.29. The molecule has 4 heteroatoms. The fourth-order valence-electron chi connectivity index (χ4n) is 1.58. The third-order valence-corrected chi connectivity index (χ3v) is 2.55. The Hall–Kier alpha value is -2.54. The van der Waals surface area contributed by atoms with Crippen LogP contribution in [0.5, 0.6) is 5.75 Å². The van der Waals surface area contributed by atoms with Crippen molar-refractivity contribution in [3.63, 3.8) is 0 Å². The first-order valence-corrected chi connectivity index (χ1v) is 5.49. The second-order valence-corrected chi connectivity index (χ2v) is 3.89. The van der Waals surface area contributed by atoms with Crippen LogP contribution in [0.2, 0.25) is 0 Å². The molecule has 1 amide bonds. The van der Waals surface area contributed by atoms with Crippen LogP contribution in [-0.4, -0.2) is 24.6 Å². The van der Waals surface area contributed by atoms with Crippen molar-refractivity contribution in [3.8, 4) is 11.8 Å². The third-order valence-electron chi connectivity index (χ3n) is 2.55. The minimum Gasteiger partial charge on any atom is -0.410 e. The number of hydrogen-bond donors (Lipinski definition) is 0. The SMILES string of the molecule is CN(CC#N)C(=O)Oc1ccc2ccccc2c1. The zero-order chi connectivity index (χ0) is 13.0. The van der Waals surface area contributed by atoms with E-state index in [0.29, 0.717) is 5.75 Å². The molecule has 0 atom stereocenters. The summed E-state index contributed by atoms with van der Waals surface area (Å²) in [5.74, 6) is 0.475. The first-order chi connectivity index (χ1) is 8.70. The Labute approximate surface area is 105 Å². The number of carbonyl (C=O) groups is 1. The summed E-state index contributed by atoms with van der Waals surface area (Å²) in [6, 6.07) is 15.1. The van der Waals surface area contributed by atoms with Crippen LogP contribution in [0.3, 0.4) is 0 Å². The van der Waals surface area contributed by atoms with Crippen LogP contribution < -0.4 is 4.74 Å². The van der Waals surface area contributed by atoms with E-state index in [-0.39, 0.29) is 6.54 Å². The van der Waals surface area contributed by atoms with Gasteiger partial charge in [0.15, 0.2) is 0 Å². The molecule has 0 bridgehead atoms. The molecular formula is C14H12N2O2. The van der Waals surface area contributed by atoms with Gasteiger partial charge in [-0.1, -0.05) is 30.3 Å². The standard InChI is InChI=1S/C14H12N2O2/c1-16(9-8-15)14(17)18-13-7-6-11-4-2-3-5-12(11)10-13/h2-7,10H,9H2,1H3. The molecule has 2 aromatic rings. The zero-order valence-electron chi connectivity index (χ0n) is 9.96. The average Bonchev–Trinajstić information content (AvgIpc) is 2.39. The number of benzene rings is 2. The molecule has 90 valence electrons. The Morgan fingerprint density at radius 2 is 2.00 bits per heavy atom. The molecule has 0 fully saturated rings. The monoisotopic (exact) mass is 240 g/mol. The lowest BCUT2D eigenvalue weighted by molar-refractivity contribution is 0.168. The van der Waals surface area contributed by atoms with E-state index in [1.165, 1.54) is 11.9 Å². The van der Waals surface area contributed by atoms with E-state index >= 15 is 0 Å². The van der Waals surface area contributed by atoms with Gasteiger partial charge >= 0.3 is 6.09 Å². The Morgan fingerprint density at radius 3 is 2.72 bits per heavy atom. The van der Waals surface area contributed by atoms with Crippen molar-refractivity contribution >= 4 is 16.9 Å². The van der Waals surface area contributed by atoms with Gasteiger partial charge in [0.1, 0.15) is 12.3 Å². The van der Waals surface area contributed by atoms with Gasteiger partial charge in [0, 0.05) is 7.05 Å². The van der Waals surface area contributed by atoms with Crippen molar-refractivity contribution in [1.82, 2.24) is 4.90 Å². The summed E-state index contributed by atoms with van der Waals surface area (Å²) >= 11 is 0. The molecule has 4 nitrogen and oxygen atoms in total. The summed E-state index contributed by atoms with van der Waals surface area (Å²) in [4.78, 5) is 12.8. The van der Waals surface area contributed by atoms with Crippen molar-refractivity contribution in [1.29, 1.82) is 5.26 Å². The Bertz CT molecular complexity index is 616. The Kier molecular flexibility index (Phi) is 3.44. The number of hydrogen-bond acceptors (Lipinski definition) is 3. The number of ether oxygens (including phenoxy) is 1. The van der Waals surface area contributed by atoms with E-state index in [2.05, 4.69) is 0 Å². The highest BCUT2D eigenvalue weighted by molar-refractivity contribution is 5.84. The van der Waals surface area contributed by atoms with E-state index in [9.17, 15) is 4.79 Å². The molecular weight excluding hydrogens is 228 g/mol. The predicted octanol–water partition coefficient (Wildman–Crippen LogP) is 2.79. The summed E-state index contributed by atoms with van der Waals surface area (Å²) in [6.07, 6.45) is -0.535. The van der Waals surface area contributed by atoms with E-state index < -0.39 is 6.09 Å². The summed E-state index contributed by atoms with van der Waals surface area (Å²) < 4.78 is 5.17. The quantitative estimate of drug-likeness (QED) is 0.758. The molecule has 0 aliphatic carbocycles. The molecule has 0 saturated heterocycles. The highest BCUT2D eigenvalue weighted by atomic mass is 16.6. The first-order valence-electron chi connectivity index (χ1n) is 5.49. The number of nitrogens with zero attached hydrogens (tertiary/aromatic N) is 2. The van der Waals surface area contributed by atoms with Gasteiger partial charge in [-0.25, -0.2) is 4.79 Å². The van der Waals surface area contributed by atoms with Crippen LogP contribution in [-0.2, 0) is 0 Å². The number of rotatable bonds is 2. The maximum Gasteiger partial charge on any atom is 0.415 e. The molecule has 2 aromatic carbocycles. The molecule has 0 radical (unpaired) electrons. The zero-order valence-corrected chi connectivity index (χ0v) is 9.96. The predicted molar refractivity (Wildman–Crippen MR) is 68.2 cm³/mol. The normalized spacial score (nSPS) is 9.78. The Morgan fingerprint density at radius 1 is 1.28 bits per heavy atom. The van der Waals surface area contributed by atoms with Crippen molar-refractivity contribution < 1.29 is 9.53 Å². The molecule has 0 aliphatic rings. The van der Waals surface area contributed by atoms with Crippen LogP contribution >= 0.6 is 0 Å². The van der Waals surface area contributed by atoms with Gasteiger partial charge in [-0.3, -0.25) is 4.90 Å². The summed E-state index contributed by atoms with van der Waals surface area (Å²) in [6.45, 7) is 0.00636. The van der Waals surface area contributed by atoms with Gasteiger partial charge in [-0.05, 0) is 22.9 Å². The fourth-order valence-corrected chi connectivity index (χ4v) is 1.58. The van der Waals surface area contributed by atoms with Crippen LogP contribution in [0.15, 0.2) is 42.5 Å². The van der Waals surface area contributed by atoms with Crippen LogP contribution in [0.25, 0.3) is 10.8 Å². The van der Waals surface area contributed by atoms with E-state index in [0.717, 1.165) is 10.8 Å². The van der Waals surface area contributed by atoms with Gasteiger partial charge in [0.25, 0.3) is 0 Å². The molecule has 0 aliphatic heterocycles. The van der Waals surface area contributed by atoms with Crippen LogP contribution in [0, 0.1) is 11.3 Å². The number of fused-ring (bicyclic) bond motifs is 1. The maximum atomic E-state index is 11.6. The summed E-state index contributed by atoms with van der Waals surface area (Å²) in [7, 11) is 1.52. The summed E-state index contributed by atoms with van der Waals surface area (Å²) in [5, 5.41) is 10.6. The van der Waals surface area contributed by atoms with Gasteiger partial charge < -0.3 is 4.74 Å². The van der Waals surface area contributed by atoms with Gasteiger partial charge in [0.2, 0.25) is 0 Å². The fraction of sp³-hybridized carbons (Fsp3) is 0.143. The lowest BCUT2D eigenvalue weighted by Gasteiger charge is -2.13. The van der Waals surface area contributed by atoms with Crippen molar-refractivity contribution in [3.05, 3.63) is 42.5 Å². The van der Waals surface area contributed by atoms with Crippen LogP contribution in [0.4, 0.5) is 4.79 Å². The van der Waals surface area contributed by atoms with Crippen LogP contribution in [0.1, 0.15) is 0 Å². The highest BCUT2D eigenvalue weighted by Crippen LogP contribution is 2.20. The second kappa shape index (κ2) is 5.19. The molecule has 2 rings (SSSR count). The van der Waals surface area contributed by atoms with E-state index in [4.69, 9.17) is 10.00 Å². The molecule has 0 heterocycles. The number of amides is 1. The smallest absolute Gasteiger partial charge is 0.410 e. The number of carbonyl (C=O) groups excluding carboxylic acids is 1. The minimum atomic E-state index is -0.535. The van der Waals surface area contributed by atoms with Gasteiger partial charge in [-0.15, -0.1) is 0 Å². The van der Waals surface area contributed by atoms with Crippen molar-refractivity contribution in [2.75, 3.05) is 13.6 Å². The molecule has 0 spiro atoms. The van der Waals surface area contributed by atoms with E-state index in [1.54, 1.807) is 12.1 Å². The third kappa shape index (κ3) is 2.58. The highest BCUT2D eigenvalue weighted by Gasteiger charge is 2.10. The van der Waals surface area contributed by atoms with Crippen molar-refractivity contribution in [2.24, 2.45) is 0 Å². The molecule has 18 heavy (non-hydrogen) atoms. The maximum absolute atomic E-state index is 11.6. The Balaban J connectivity index is 2.17. The average molecular weight is 240 g/mol. The molecule has 0 unspecified atom stereocenters. The van der Waals surface area contributed by atoms with Gasteiger partial charge in [-0.2, -0.15) is 5.26 Å². The van der Waals surface area contributed by atoms with E-state index in [1.807, 2.05) is 36.4 Å².